The molecule has 0 saturated carbocycles. The molecular formula is C16H20N4O2. The van der Waals surface area contributed by atoms with Crippen LogP contribution in [0.15, 0.2) is 47.3 Å². The lowest BCUT2D eigenvalue weighted by Gasteiger charge is -2.18. The summed E-state index contributed by atoms with van der Waals surface area (Å²) in [7, 11) is 0. The van der Waals surface area contributed by atoms with Gasteiger partial charge in [-0.05, 0) is 25.5 Å². The normalized spacial score (nSPS) is 11.2. The van der Waals surface area contributed by atoms with Crippen molar-refractivity contribution in [3.05, 3.63) is 64.1 Å². The Labute approximate surface area is 129 Å². The first-order valence-corrected chi connectivity index (χ1v) is 7.04. The first-order chi connectivity index (χ1) is 10.3. The van der Waals surface area contributed by atoms with Crippen LogP contribution in [0.2, 0.25) is 0 Å². The summed E-state index contributed by atoms with van der Waals surface area (Å²) in [6.07, 6.45) is 0. The van der Waals surface area contributed by atoms with Crippen molar-refractivity contribution in [2.75, 3.05) is 6.54 Å². The lowest BCUT2D eigenvalue weighted by molar-refractivity contribution is 0.0938. The predicted octanol–water partition coefficient (Wildman–Crippen LogP) is 0.759. The largest absolute Gasteiger partial charge is 0.349 e. The van der Waals surface area contributed by atoms with Crippen LogP contribution in [0.4, 0.5) is 0 Å². The Morgan fingerprint density at radius 2 is 1.91 bits per heavy atom. The van der Waals surface area contributed by atoms with Crippen molar-refractivity contribution in [2.24, 2.45) is 5.73 Å². The summed E-state index contributed by atoms with van der Waals surface area (Å²) in [5.41, 5.74) is 6.21. The van der Waals surface area contributed by atoms with Crippen molar-refractivity contribution in [3.63, 3.8) is 0 Å². The Hall–Kier alpha value is -2.47. The number of hydrogen-bond donors (Lipinski definition) is 2. The van der Waals surface area contributed by atoms with Crippen LogP contribution in [0.5, 0.6) is 0 Å². The van der Waals surface area contributed by atoms with E-state index in [1.54, 1.807) is 0 Å². The van der Waals surface area contributed by atoms with Gasteiger partial charge in [-0.3, -0.25) is 9.59 Å². The summed E-state index contributed by atoms with van der Waals surface area (Å²) >= 11 is 0. The molecule has 0 aliphatic heterocycles. The average molecular weight is 300 g/mol. The second-order valence-electron chi connectivity index (χ2n) is 5.87. The monoisotopic (exact) mass is 300 g/mol. The number of amides is 1. The van der Waals surface area contributed by atoms with Gasteiger partial charge in [-0.1, -0.05) is 30.3 Å². The molecule has 0 atom stereocenters. The zero-order valence-electron chi connectivity index (χ0n) is 12.7. The van der Waals surface area contributed by atoms with Crippen LogP contribution < -0.4 is 16.6 Å². The number of rotatable bonds is 5. The molecule has 3 N–H and O–H groups in total. The molecule has 0 unspecified atom stereocenters. The maximum Gasteiger partial charge on any atom is 0.271 e. The van der Waals surface area contributed by atoms with Crippen LogP contribution in [0.3, 0.4) is 0 Å². The number of nitrogens with one attached hydrogen (secondary N) is 1. The third-order valence-corrected chi connectivity index (χ3v) is 2.98. The minimum atomic E-state index is -0.506. The average Bonchev–Trinajstić information content (AvgIpc) is 2.47. The van der Waals surface area contributed by atoms with Gasteiger partial charge in [-0.15, -0.1) is 0 Å². The molecule has 2 aromatic rings. The van der Waals surface area contributed by atoms with E-state index in [9.17, 15) is 9.59 Å². The van der Waals surface area contributed by atoms with E-state index in [1.807, 2.05) is 44.2 Å². The molecule has 0 saturated heterocycles. The number of carbonyl (C=O) groups excluding carboxylic acids is 1. The van der Waals surface area contributed by atoms with Crippen molar-refractivity contribution in [3.8, 4) is 0 Å². The summed E-state index contributed by atoms with van der Waals surface area (Å²) in [5, 5.41) is 6.83. The molecule has 0 radical (unpaired) electrons. The van der Waals surface area contributed by atoms with Crippen LogP contribution in [0.25, 0.3) is 0 Å². The van der Waals surface area contributed by atoms with E-state index in [0.29, 0.717) is 13.1 Å². The van der Waals surface area contributed by atoms with E-state index < -0.39 is 5.54 Å². The van der Waals surface area contributed by atoms with Gasteiger partial charge in [0.1, 0.15) is 5.69 Å². The van der Waals surface area contributed by atoms with E-state index >= 15 is 0 Å². The molecule has 0 aliphatic rings. The summed E-state index contributed by atoms with van der Waals surface area (Å²) in [6, 6.07) is 12.2. The summed E-state index contributed by atoms with van der Waals surface area (Å²) < 4.78 is 1.28. The summed E-state index contributed by atoms with van der Waals surface area (Å²) in [6.45, 7) is 4.28. The fourth-order valence-electron chi connectivity index (χ4n) is 1.84. The first-order valence-electron chi connectivity index (χ1n) is 7.04. The molecular weight excluding hydrogens is 280 g/mol. The Kier molecular flexibility index (Phi) is 4.72. The molecule has 2 rings (SSSR count). The van der Waals surface area contributed by atoms with E-state index in [1.165, 1.54) is 16.8 Å². The second kappa shape index (κ2) is 6.53. The molecule has 0 spiro atoms. The topological polar surface area (TPSA) is 90.0 Å². The highest BCUT2D eigenvalue weighted by molar-refractivity contribution is 5.92. The van der Waals surface area contributed by atoms with E-state index in [0.717, 1.165) is 5.56 Å². The molecule has 1 amide bonds. The van der Waals surface area contributed by atoms with Crippen molar-refractivity contribution >= 4 is 5.91 Å². The molecule has 116 valence electrons. The number of nitrogens with two attached hydrogens (primary N) is 1. The number of benzene rings is 1. The number of hydrogen-bond acceptors (Lipinski definition) is 4. The SMILES string of the molecule is CC(C)(N)CNC(=O)c1ccc(=O)n(Cc2ccccc2)n1. The quantitative estimate of drug-likeness (QED) is 0.853. The van der Waals surface area contributed by atoms with Crippen molar-refractivity contribution in [1.29, 1.82) is 0 Å². The van der Waals surface area contributed by atoms with Gasteiger partial charge in [0.2, 0.25) is 0 Å². The smallest absolute Gasteiger partial charge is 0.271 e. The maximum absolute atomic E-state index is 12.1. The number of carbonyl (C=O) groups is 1. The van der Waals surface area contributed by atoms with E-state index in [-0.39, 0.29) is 17.2 Å². The first kappa shape index (κ1) is 15.9. The molecule has 0 bridgehead atoms. The van der Waals surface area contributed by atoms with Crippen LogP contribution in [-0.2, 0) is 6.54 Å². The summed E-state index contributed by atoms with van der Waals surface area (Å²) in [4.78, 5) is 23.9. The highest BCUT2D eigenvalue weighted by atomic mass is 16.2. The molecule has 0 fully saturated rings. The lowest BCUT2D eigenvalue weighted by Crippen LogP contribution is -2.45. The van der Waals surface area contributed by atoms with Crippen LogP contribution in [-0.4, -0.2) is 27.8 Å². The van der Waals surface area contributed by atoms with Crippen LogP contribution in [0.1, 0.15) is 29.9 Å². The Bertz CT molecular complexity index is 702. The third-order valence-electron chi connectivity index (χ3n) is 2.98. The maximum atomic E-state index is 12.1. The van der Waals surface area contributed by atoms with Gasteiger partial charge in [-0.25, -0.2) is 4.68 Å². The van der Waals surface area contributed by atoms with E-state index in [2.05, 4.69) is 10.4 Å². The minimum absolute atomic E-state index is 0.194. The van der Waals surface area contributed by atoms with Crippen molar-refractivity contribution < 1.29 is 4.79 Å². The summed E-state index contributed by atoms with van der Waals surface area (Å²) in [5.74, 6) is -0.347. The Balaban J connectivity index is 2.16. The van der Waals surface area contributed by atoms with Crippen molar-refractivity contribution in [2.45, 2.75) is 25.9 Å². The Morgan fingerprint density at radius 3 is 2.55 bits per heavy atom. The predicted molar refractivity (Wildman–Crippen MR) is 84.6 cm³/mol. The molecule has 1 aromatic carbocycles. The zero-order chi connectivity index (χ0) is 16.2. The molecule has 1 aromatic heterocycles. The zero-order valence-corrected chi connectivity index (χ0v) is 12.7. The van der Waals surface area contributed by atoms with Crippen LogP contribution >= 0.6 is 0 Å². The number of nitrogens with zero attached hydrogens (tertiary/aromatic N) is 2. The third kappa shape index (κ3) is 4.53. The van der Waals surface area contributed by atoms with E-state index in [4.69, 9.17) is 5.73 Å². The second-order valence-corrected chi connectivity index (χ2v) is 5.87. The van der Waals surface area contributed by atoms with Crippen LogP contribution in [0, 0.1) is 0 Å². The highest BCUT2D eigenvalue weighted by Gasteiger charge is 2.15. The molecule has 0 aliphatic carbocycles. The molecule has 22 heavy (non-hydrogen) atoms. The van der Waals surface area contributed by atoms with Gasteiger partial charge in [-0.2, -0.15) is 5.10 Å². The van der Waals surface area contributed by atoms with Gasteiger partial charge >= 0.3 is 0 Å². The van der Waals surface area contributed by atoms with Gasteiger partial charge < -0.3 is 11.1 Å². The van der Waals surface area contributed by atoms with Crippen molar-refractivity contribution in [1.82, 2.24) is 15.1 Å². The fourth-order valence-corrected chi connectivity index (χ4v) is 1.84. The highest BCUT2D eigenvalue weighted by Crippen LogP contribution is 2.01. The molecule has 1 heterocycles. The minimum Gasteiger partial charge on any atom is -0.349 e. The van der Waals surface area contributed by atoms with Gasteiger partial charge in [0.25, 0.3) is 11.5 Å². The molecule has 6 nitrogen and oxygen atoms in total. The number of aromatic nitrogens is 2. The van der Waals surface area contributed by atoms with Gasteiger partial charge in [0.05, 0.1) is 6.54 Å². The van der Waals surface area contributed by atoms with Gasteiger partial charge in [0.15, 0.2) is 0 Å². The molecule has 6 heteroatoms. The Morgan fingerprint density at radius 1 is 1.23 bits per heavy atom. The lowest BCUT2D eigenvalue weighted by atomic mass is 10.1. The standard InChI is InChI=1S/C16H20N4O2/c1-16(2,17)11-18-15(22)13-8-9-14(21)20(19-13)10-12-6-4-3-5-7-12/h3-9H,10-11,17H2,1-2H3,(H,18,22). The fraction of sp³-hybridized carbons (Fsp3) is 0.312. The van der Waals surface area contributed by atoms with Gasteiger partial charge in [0, 0.05) is 18.2 Å².